The smallest absolute Gasteiger partial charge is 0.233 e. The summed E-state index contributed by atoms with van der Waals surface area (Å²) < 4.78 is 0. The summed E-state index contributed by atoms with van der Waals surface area (Å²) in [6, 6.07) is 0. The van der Waals surface area contributed by atoms with Crippen LogP contribution in [0.2, 0.25) is 0 Å². The molecule has 0 fully saturated rings. The van der Waals surface area contributed by atoms with Gasteiger partial charge in [0.2, 0.25) is 12.8 Å². The average Bonchev–Trinajstić information content (AvgIpc) is 2.35. The summed E-state index contributed by atoms with van der Waals surface area (Å²) in [4.78, 5) is 31.0. The molecule has 0 aromatic carbocycles. The van der Waals surface area contributed by atoms with Gasteiger partial charge in [0.15, 0.2) is 0 Å². The third kappa shape index (κ3) is 8.61. The Morgan fingerprint density at radius 3 is 1.65 bits per heavy atom. The number of hydrogen-bond acceptors (Lipinski definition) is 5. The number of hydroxylamine groups is 4. The third-order valence-corrected chi connectivity index (χ3v) is 1.84. The van der Waals surface area contributed by atoms with Crippen molar-refractivity contribution < 1.29 is 19.3 Å². The molecule has 1 N–H and O–H groups in total. The van der Waals surface area contributed by atoms with E-state index in [2.05, 4.69) is 5.32 Å². The minimum atomic E-state index is 0.460. The Bertz CT molecular complexity index is 184. The van der Waals surface area contributed by atoms with Gasteiger partial charge in [-0.2, -0.15) is 0 Å². The maximum Gasteiger partial charge on any atom is 0.233 e. The lowest BCUT2D eigenvalue weighted by atomic mass is 10.5. The highest BCUT2D eigenvalue weighted by Crippen LogP contribution is 1.85. The Hall–Kier alpha value is -1.18. The van der Waals surface area contributed by atoms with Gasteiger partial charge in [0.1, 0.15) is 0 Å². The molecule has 0 aliphatic carbocycles. The summed E-state index contributed by atoms with van der Waals surface area (Å²) in [6.07, 6.45) is 1.28. The second kappa shape index (κ2) is 11.3. The fourth-order valence-electron chi connectivity index (χ4n) is 1.13. The van der Waals surface area contributed by atoms with Crippen molar-refractivity contribution in [2.45, 2.75) is 13.8 Å². The van der Waals surface area contributed by atoms with Crippen LogP contribution in [0.15, 0.2) is 0 Å². The largest absolute Gasteiger partial charge is 0.313 e. The van der Waals surface area contributed by atoms with Crippen LogP contribution in [0.4, 0.5) is 0 Å². The van der Waals surface area contributed by atoms with E-state index in [9.17, 15) is 9.59 Å². The minimum Gasteiger partial charge on any atom is -0.313 e. The van der Waals surface area contributed by atoms with Gasteiger partial charge in [-0.3, -0.25) is 19.3 Å². The molecule has 7 nitrogen and oxygen atoms in total. The molecular formula is C10H21N3O4. The van der Waals surface area contributed by atoms with E-state index in [1.54, 1.807) is 0 Å². The van der Waals surface area contributed by atoms with Gasteiger partial charge < -0.3 is 5.32 Å². The first kappa shape index (κ1) is 15.8. The first-order chi connectivity index (χ1) is 8.28. The Morgan fingerprint density at radius 1 is 0.941 bits per heavy atom. The van der Waals surface area contributed by atoms with Crippen LogP contribution in [0.3, 0.4) is 0 Å². The maximum absolute atomic E-state index is 10.5. The summed E-state index contributed by atoms with van der Waals surface area (Å²) in [5, 5.41) is 5.53. The molecule has 0 unspecified atom stereocenters. The Labute approximate surface area is 102 Å². The molecule has 0 spiro atoms. The van der Waals surface area contributed by atoms with Gasteiger partial charge >= 0.3 is 0 Å². The second-order valence-electron chi connectivity index (χ2n) is 3.08. The SMILES string of the molecule is CCON(C=O)CCNCCN(C=O)OCC. The number of nitrogens with one attached hydrogen (secondary N) is 1. The highest BCUT2D eigenvalue weighted by atomic mass is 16.7. The van der Waals surface area contributed by atoms with E-state index in [-0.39, 0.29) is 0 Å². The van der Waals surface area contributed by atoms with Gasteiger partial charge in [-0.05, 0) is 13.8 Å². The van der Waals surface area contributed by atoms with Crippen molar-refractivity contribution in [3.05, 3.63) is 0 Å². The number of amides is 2. The highest BCUT2D eigenvalue weighted by molar-refractivity contribution is 5.45. The van der Waals surface area contributed by atoms with Crippen LogP contribution in [0.25, 0.3) is 0 Å². The van der Waals surface area contributed by atoms with Gasteiger partial charge in [0.05, 0.1) is 26.3 Å². The van der Waals surface area contributed by atoms with E-state index in [4.69, 9.17) is 9.68 Å². The molecule has 0 saturated carbocycles. The van der Waals surface area contributed by atoms with Crippen molar-refractivity contribution in [2.75, 3.05) is 39.4 Å². The van der Waals surface area contributed by atoms with E-state index in [0.717, 1.165) is 0 Å². The Balaban J connectivity index is 3.49. The summed E-state index contributed by atoms with van der Waals surface area (Å²) in [5.41, 5.74) is 0. The standard InChI is InChI=1S/C10H21N3O4/c1-3-16-12(9-14)7-5-11-6-8-13(10-15)17-4-2/h9-11H,3-8H2,1-2H3. The molecule has 0 bridgehead atoms. The predicted molar refractivity (Wildman–Crippen MR) is 61.7 cm³/mol. The number of nitrogens with zero attached hydrogens (tertiary/aromatic N) is 2. The highest BCUT2D eigenvalue weighted by Gasteiger charge is 2.01. The van der Waals surface area contributed by atoms with E-state index in [0.29, 0.717) is 52.2 Å². The lowest BCUT2D eigenvalue weighted by Crippen LogP contribution is -2.36. The van der Waals surface area contributed by atoms with Crippen LogP contribution in [-0.4, -0.2) is 62.3 Å². The molecule has 100 valence electrons. The van der Waals surface area contributed by atoms with E-state index >= 15 is 0 Å². The van der Waals surface area contributed by atoms with Crippen LogP contribution < -0.4 is 5.32 Å². The molecule has 0 rings (SSSR count). The predicted octanol–water partition coefficient (Wildman–Crippen LogP) is -0.604. The fraction of sp³-hybridized carbons (Fsp3) is 0.800. The lowest BCUT2D eigenvalue weighted by molar-refractivity contribution is -0.171. The number of carbonyl (C=O) groups is 2. The zero-order valence-electron chi connectivity index (χ0n) is 10.4. The van der Waals surface area contributed by atoms with Gasteiger partial charge in [0.25, 0.3) is 0 Å². The number of rotatable bonds is 12. The molecule has 0 aromatic rings. The van der Waals surface area contributed by atoms with Gasteiger partial charge in [-0.15, -0.1) is 0 Å². The molecule has 0 radical (unpaired) electrons. The van der Waals surface area contributed by atoms with Crippen LogP contribution in [0.1, 0.15) is 13.8 Å². The molecule has 17 heavy (non-hydrogen) atoms. The second-order valence-corrected chi connectivity index (χ2v) is 3.08. The summed E-state index contributed by atoms with van der Waals surface area (Å²) >= 11 is 0. The lowest BCUT2D eigenvalue weighted by Gasteiger charge is -2.18. The molecule has 0 aliphatic heterocycles. The molecule has 2 amide bonds. The summed E-state index contributed by atoms with van der Waals surface area (Å²) in [6.45, 7) is 6.67. The van der Waals surface area contributed by atoms with Crippen molar-refractivity contribution in [2.24, 2.45) is 0 Å². The maximum atomic E-state index is 10.5. The summed E-state index contributed by atoms with van der Waals surface area (Å²) in [7, 11) is 0. The zero-order chi connectivity index (χ0) is 12.9. The van der Waals surface area contributed by atoms with Gasteiger partial charge in [0, 0.05) is 13.1 Å². The average molecular weight is 247 g/mol. The molecule has 0 aromatic heterocycles. The molecule has 0 aliphatic rings. The van der Waals surface area contributed by atoms with E-state index in [1.165, 1.54) is 10.1 Å². The molecule has 7 heteroatoms. The van der Waals surface area contributed by atoms with Crippen molar-refractivity contribution in [3.8, 4) is 0 Å². The zero-order valence-corrected chi connectivity index (χ0v) is 10.4. The third-order valence-electron chi connectivity index (χ3n) is 1.84. The monoisotopic (exact) mass is 247 g/mol. The van der Waals surface area contributed by atoms with Crippen molar-refractivity contribution in [1.82, 2.24) is 15.4 Å². The van der Waals surface area contributed by atoms with Crippen molar-refractivity contribution in [1.29, 1.82) is 0 Å². The van der Waals surface area contributed by atoms with E-state index < -0.39 is 0 Å². The topological polar surface area (TPSA) is 71.1 Å². The van der Waals surface area contributed by atoms with Crippen LogP contribution in [-0.2, 0) is 19.3 Å². The van der Waals surface area contributed by atoms with Gasteiger partial charge in [-0.1, -0.05) is 0 Å². The molecular weight excluding hydrogens is 226 g/mol. The van der Waals surface area contributed by atoms with Gasteiger partial charge in [-0.25, -0.2) is 10.1 Å². The molecule has 0 saturated heterocycles. The normalized spacial score (nSPS) is 10.0. The van der Waals surface area contributed by atoms with Crippen LogP contribution in [0, 0.1) is 0 Å². The Kier molecular flexibility index (Phi) is 10.5. The van der Waals surface area contributed by atoms with Crippen molar-refractivity contribution >= 4 is 12.8 Å². The number of hydrogen-bond donors (Lipinski definition) is 1. The fourth-order valence-corrected chi connectivity index (χ4v) is 1.13. The molecule has 0 atom stereocenters. The first-order valence-electron chi connectivity index (χ1n) is 5.68. The summed E-state index contributed by atoms with van der Waals surface area (Å²) in [5.74, 6) is 0. The Morgan fingerprint density at radius 2 is 1.35 bits per heavy atom. The van der Waals surface area contributed by atoms with Crippen LogP contribution >= 0.6 is 0 Å². The minimum absolute atomic E-state index is 0.460. The first-order valence-corrected chi connectivity index (χ1v) is 5.68. The number of carbonyl (C=O) groups excluding carboxylic acids is 2. The quantitative estimate of drug-likeness (QED) is 0.283. The van der Waals surface area contributed by atoms with E-state index in [1.807, 2.05) is 13.8 Å². The molecule has 0 heterocycles. The van der Waals surface area contributed by atoms with Crippen molar-refractivity contribution in [3.63, 3.8) is 0 Å². The van der Waals surface area contributed by atoms with Crippen LogP contribution in [0.5, 0.6) is 0 Å².